The Morgan fingerprint density at radius 1 is 0.594 bits per heavy atom. The zero-order valence-electron chi connectivity index (χ0n) is 18.0. The van der Waals surface area contributed by atoms with E-state index in [4.69, 9.17) is 5.73 Å². The summed E-state index contributed by atoms with van der Waals surface area (Å²) in [6.07, 6.45) is 3.26. The lowest BCUT2D eigenvalue weighted by atomic mass is 9.84. The van der Waals surface area contributed by atoms with Gasteiger partial charge in [-0.15, -0.1) is 0 Å². The molecule has 7 rings (SSSR count). The molecule has 32 heavy (non-hydrogen) atoms. The van der Waals surface area contributed by atoms with E-state index < -0.39 is 0 Å². The van der Waals surface area contributed by atoms with Gasteiger partial charge < -0.3 is 10.7 Å². The maximum Gasteiger partial charge on any atom is 0.0464 e. The predicted molar refractivity (Wildman–Crippen MR) is 137 cm³/mol. The molecule has 156 valence electrons. The highest BCUT2D eigenvalue weighted by Crippen LogP contribution is 2.33. The quantitative estimate of drug-likeness (QED) is 0.255. The maximum atomic E-state index is 6.15. The second-order valence-corrected chi connectivity index (χ2v) is 8.80. The van der Waals surface area contributed by atoms with Gasteiger partial charge in [0.1, 0.15) is 0 Å². The highest BCUT2D eigenvalue weighted by Gasteiger charge is 2.18. The number of nitrogens with two attached hydrogens (primary N) is 1. The van der Waals surface area contributed by atoms with Crippen LogP contribution in [-0.2, 0) is 12.8 Å². The number of nitrogens with one attached hydrogen (secondary N) is 1. The SMILES string of the molecule is N[C@H]1CCc2ccc3c(ccc4ccccc43)c2C1.c1ccc2c(c1)[nH]c1ccccc12. The summed E-state index contributed by atoms with van der Waals surface area (Å²) in [6.45, 7) is 0. The molecule has 6 aromatic rings. The van der Waals surface area contributed by atoms with Crippen molar-refractivity contribution < 1.29 is 0 Å². The van der Waals surface area contributed by atoms with E-state index in [9.17, 15) is 0 Å². The van der Waals surface area contributed by atoms with Crippen LogP contribution in [0.4, 0.5) is 0 Å². The topological polar surface area (TPSA) is 41.8 Å². The Balaban J connectivity index is 0.000000131. The fourth-order valence-corrected chi connectivity index (χ4v) is 5.18. The summed E-state index contributed by atoms with van der Waals surface area (Å²) in [6, 6.07) is 34.8. The number of benzene rings is 5. The van der Waals surface area contributed by atoms with Crippen LogP contribution in [0.2, 0.25) is 0 Å². The summed E-state index contributed by atoms with van der Waals surface area (Å²) in [5, 5.41) is 8.03. The summed E-state index contributed by atoms with van der Waals surface area (Å²) in [5.41, 5.74) is 11.5. The highest BCUT2D eigenvalue weighted by molar-refractivity contribution is 6.09. The molecule has 0 fully saturated rings. The van der Waals surface area contributed by atoms with Gasteiger partial charge in [0.15, 0.2) is 0 Å². The van der Waals surface area contributed by atoms with Crippen molar-refractivity contribution in [3.05, 3.63) is 108 Å². The minimum Gasteiger partial charge on any atom is -0.355 e. The molecule has 5 aromatic carbocycles. The van der Waals surface area contributed by atoms with Crippen molar-refractivity contribution in [2.45, 2.75) is 25.3 Å². The molecule has 3 N–H and O–H groups in total. The molecule has 0 unspecified atom stereocenters. The van der Waals surface area contributed by atoms with E-state index in [1.54, 1.807) is 0 Å². The van der Waals surface area contributed by atoms with E-state index in [1.165, 1.54) is 54.5 Å². The molecular weight excluding hydrogens is 388 g/mol. The second kappa shape index (κ2) is 7.81. The van der Waals surface area contributed by atoms with Crippen molar-refractivity contribution in [3.63, 3.8) is 0 Å². The van der Waals surface area contributed by atoms with Gasteiger partial charge in [0.05, 0.1) is 0 Å². The van der Waals surface area contributed by atoms with Gasteiger partial charge >= 0.3 is 0 Å². The van der Waals surface area contributed by atoms with Crippen molar-refractivity contribution >= 4 is 43.4 Å². The molecule has 1 aliphatic rings. The first-order valence-corrected chi connectivity index (χ1v) is 11.4. The highest BCUT2D eigenvalue weighted by atomic mass is 14.7. The van der Waals surface area contributed by atoms with Gasteiger partial charge in [-0.05, 0) is 64.1 Å². The van der Waals surface area contributed by atoms with E-state index in [1.807, 2.05) is 0 Å². The monoisotopic (exact) mass is 414 g/mol. The minimum absolute atomic E-state index is 0.324. The van der Waals surface area contributed by atoms with Crippen molar-refractivity contribution in [1.29, 1.82) is 0 Å². The number of para-hydroxylation sites is 2. The Morgan fingerprint density at radius 2 is 1.22 bits per heavy atom. The second-order valence-electron chi connectivity index (χ2n) is 8.80. The molecule has 0 saturated heterocycles. The van der Waals surface area contributed by atoms with Crippen LogP contribution in [0, 0.1) is 0 Å². The van der Waals surface area contributed by atoms with Crippen LogP contribution in [0.15, 0.2) is 97.1 Å². The fraction of sp³-hybridized carbons (Fsp3) is 0.133. The number of H-pyrrole nitrogens is 1. The van der Waals surface area contributed by atoms with Crippen molar-refractivity contribution in [2.24, 2.45) is 5.73 Å². The lowest BCUT2D eigenvalue weighted by molar-refractivity contribution is 0.579. The number of aromatic amines is 1. The van der Waals surface area contributed by atoms with E-state index in [0.717, 1.165) is 19.3 Å². The predicted octanol–water partition coefficient (Wildman–Crippen LogP) is 7.13. The van der Waals surface area contributed by atoms with E-state index in [0.29, 0.717) is 6.04 Å². The minimum atomic E-state index is 0.324. The molecule has 2 nitrogen and oxygen atoms in total. The number of rotatable bonds is 0. The van der Waals surface area contributed by atoms with Crippen molar-refractivity contribution in [3.8, 4) is 0 Å². The molecular formula is C30H26N2. The first kappa shape index (κ1) is 19.1. The summed E-state index contributed by atoms with van der Waals surface area (Å²) < 4.78 is 0. The summed E-state index contributed by atoms with van der Waals surface area (Å²) >= 11 is 0. The average molecular weight is 415 g/mol. The van der Waals surface area contributed by atoms with Crippen molar-refractivity contribution in [1.82, 2.24) is 4.98 Å². The molecule has 0 bridgehead atoms. The van der Waals surface area contributed by atoms with Gasteiger partial charge in [-0.25, -0.2) is 0 Å². The van der Waals surface area contributed by atoms with E-state index >= 15 is 0 Å². The number of hydrogen-bond acceptors (Lipinski definition) is 1. The lowest BCUT2D eigenvalue weighted by Crippen LogP contribution is -2.27. The summed E-state index contributed by atoms with van der Waals surface area (Å²) in [5.74, 6) is 0. The van der Waals surface area contributed by atoms with Crippen LogP contribution in [0.25, 0.3) is 43.4 Å². The number of hydrogen-bond donors (Lipinski definition) is 2. The summed E-state index contributed by atoms with van der Waals surface area (Å²) in [4.78, 5) is 3.38. The number of aromatic nitrogens is 1. The Labute approximate surface area is 187 Å². The van der Waals surface area contributed by atoms with E-state index in [2.05, 4.69) is 102 Å². The van der Waals surface area contributed by atoms with Crippen LogP contribution in [0.5, 0.6) is 0 Å². The van der Waals surface area contributed by atoms with Crippen LogP contribution < -0.4 is 5.73 Å². The van der Waals surface area contributed by atoms with Crippen LogP contribution in [0.3, 0.4) is 0 Å². The fourth-order valence-electron chi connectivity index (χ4n) is 5.18. The number of aryl methyl sites for hydroxylation is 1. The molecule has 2 heteroatoms. The lowest BCUT2D eigenvalue weighted by Gasteiger charge is -2.23. The summed E-state index contributed by atoms with van der Waals surface area (Å²) in [7, 11) is 0. The van der Waals surface area contributed by atoms with Crippen molar-refractivity contribution in [2.75, 3.05) is 0 Å². The Kier molecular flexibility index (Phi) is 4.66. The van der Waals surface area contributed by atoms with Gasteiger partial charge in [-0.3, -0.25) is 0 Å². The average Bonchev–Trinajstić information content (AvgIpc) is 3.23. The molecule has 1 atom stereocenters. The molecule has 1 heterocycles. The molecule has 1 aromatic heterocycles. The van der Waals surface area contributed by atoms with Gasteiger partial charge in [-0.2, -0.15) is 0 Å². The van der Waals surface area contributed by atoms with Crippen LogP contribution >= 0.6 is 0 Å². The zero-order chi connectivity index (χ0) is 21.5. The molecule has 0 saturated carbocycles. The van der Waals surface area contributed by atoms with Gasteiger partial charge in [0, 0.05) is 27.8 Å². The molecule has 0 radical (unpaired) electrons. The van der Waals surface area contributed by atoms with Crippen LogP contribution in [-0.4, -0.2) is 11.0 Å². The Morgan fingerprint density at radius 3 is 1.97 bits per heavy atom. The first-order chi connectivity index (χ1) is 15.8. The normalized spacial score (nSPS) is 15.6. The largest absolute Gasteiger partial charge is 0.355 e. The Hall–Kier alpha value is -3.62. The molecule has 1 aliphatic carbocycles. The van der Waals surface area contributed by atoms with Gasteiger partial charge in [-0.1, -0.05) is 84.9 Å². The third-order valence-electron chi connectivity index (χ3n) is 6.80. The third kappa shape index (κ3) is 3.24. The molecule has 0 amide bonds. The first-order valence-electron chi connectivity index (χ1n) is 11.4. The van der Waals surface area contributed by atoms with Gasteiger partial charge in [0.2, 0.25) is 0 Å². The van der Waals surface area contributed by atoms with Crippen LogP contribution in [0.1, 0.15) is 17.5 Å². The zero-order valence-corrected chi connectivity index (χ0v) is 18.0. The van der Waals surface area contributed by atoms with E-state index in [-0.39, 0.29) is 0 Å². The number of fused-ring (bicyclic) bond motifs is 8. The third-order valence-corrected chi connectivity index (χ3v) is 6.80. The Bertz CT molecular complexity index is 1520. The van der Waals surface area contributed by atoms with Gasteiger partial charge in [0.25, 0.3) is 0 Å². The maximum absolute atomic E-state index is 6.15. The smallest absolute Gasteiger partial charge is 0.0464 e. The molecule has 0 spiro atoms. The standard InChI is InChI=1S/C18H17N.C12H9N/c19-14-8-5-13-7-9-16-15-4-2-1-3-12(15)6-10-17(16)18(13)11-14;1-3-7-11-9(5-1)10-6-2-4-8-12(10)13-11/h1-4,6-7,9-10,14H,5,8,11,19H2;1-8,13H/t14-;/m0./s1. The molecule has 0 aliphatic heterocycles.